The van der Waals surface area contributed by atoms with Crippen molar-refractivity contribution in [3.8, 4) is 22.3 Å². The molecule has 2 heterocycles. The van der Waals surface area contributed by atoms with Crippen molar-refractivity contribution in [2.24, 2.45) is 0 Å². The number of aryl methyl sites for hydroxylation is 2. The normalized spacial score (nSPS) is 14.4. The summed E-state index contributed by atoms with van der Waals surface area (Å²) >= 11 is 3.76. The lowest BCUT2D eigenvalue weighted by Crippen LogP contribution is -2.18. The standard InChI is InChI=1S/C41H31NS2/c1-24-9-16-35-39(19-24)44-40-20-25(2)10-17-36(40)42(35)28-13-15-30-29-14-11-27(22-33(29)41(3,4)34(30)23-28)26-12-18-38-32(21-26)31-7-5-6-8-37(31)43-38/h5-23H,1-4H3. The maximum atomic E-state index is 2.46. The lowest BCUT2D eigenvalue weighted by molar-refractivity contribution is 0.660. The first kappa shape index (κ1) is 26.1. The predicted octanol–water partition coefficient (Wildman–Crippen LogP) is 12.6. The van der Waals surface area contributed by atoms with E-state index in [2.05, 4.69) is 148 Å². The van der Waals surface area contributed by atoms with Crippen LogP contribution in [0.5, 0.6) is 0 Å². The molecular weight excluding hydrogens is 571 g/mol. The lowest BCUT2D eigenvalue weighted by Gasteiger charge is -2.34. The van der Waals surface area contributed by atoms with Crippen molar-refractivity contribution in [1.82, 2.24) is 0 Å². The Bertz CT molecular complexity index is 2270. The van der Waals surface area contributed by atoms with Crippen molar-refractivity contribution in [3.63, 3.8) is 0 Å². The van der Waals surface area contributed by atoms with E-state index in [-0.39, 0.29) is 5.41 Å². The van der Waals surface area contributed by atoms with Crippen LogP contribution in [0.2, 0.25) is 0 Å². The summed E-state index contributed by atoms with van der Waals surface area (Å²) in [7, 11) is 0. The van der Waals surface area contributed by atoms with Crippen molar-refractivity contribution >= 4 is 60.3 Å². The minimum absolute atomic E-state index is 0.118. The van der Waals surface area contributed by atoms with Crippen LogP contribution in [0, 0.1) is 13.8 Å². The Morgan fingerprint density at radius 2 is 1.16 bits per heavy atom. The molecule has 0 saturated carbocycles. The van der Waals surface area contributed by atoms with Crippen molar-refractivity contribution in [1.29, 1.82) is 0 Å². The van der Waals surface area contributed by atoms with E-state index >= 15 is 0 Å². The molecule has 1 nitrogen and oxygen atoms in total. The van der Waals surface area contributed by atoms with E-state index in [9.17, 15) is 0 Å². The van der Waals surface area contributed by atoms with Crippen LogP contribution in [-0.2, 0) is 5.41 Å². The molecule has 0 unspecified atom stereocenters. The van der Waals surface area contributed by atoms with E-state index in [1.165, 1.54) is 91.5 Å². The van der Waals surface area contributed by atoms with Gasteiger partial charge in [0.1, 0.15) is 0 Å². The third kappa shape index (κ3) is 3.79. The van der Waals surface area contributed by atoms with E-state index in [1.54, 1.807) is 0 Å². The topological polar surface area (TPSA) is 3.24 Å². The lowest BCUT2D eigenvalue weighted by atomic mass is 9.81. The minimum atomic E-state index is -0.118. The average molecular weight is 602 g/mol. The SMILES string of the molecule is Cc1ccc2c(c1)Sc1cc(C)ccc1N2c1ccc2c(c1)C(C)(C)c1cc(-c3ccc4sc5ccccc5c4c3)ccc1-2. The van der Waals surface area contributed by atoms with Gasteiger partial charge in [-0.3, -0.25) is 0 Å². The van der Waals surface area contributed by atoms with E-state index in [1.807, 2.05) is 23.1 Å². The van der Waals surface area contributed by atoms with Crippen LogP contribution in [0.15, 0.2) is 125 Å². The molecule has 0 N–H and O–H groups in total. The average Bonchev–Trinajstić information content (AvgIpc) is 3.51. The molecule has 212 valence electrons. The van der Waals surface area contributed by atoms with Crippen LogP contribution in [0.1, 0.15) is 36.1 Å². The molecule has 7 aromatic rings. The fourth-order valence-corrected chi connectivity index (χ4v) is 9.59. The molecule has 0 saturated heterocycles. The van der Waals surface area contributed by atoms with Gasteiger partial charge in [0.2, 0.25) is 0 Å². The molecule has 9 rings (SSSR count). The first-order chi connectivity index (χ1) is 21.3. The molecule has 0 atom stereocenters. The molecular formula is C41H31NS2. The van der Waals surface area contributed by atoms with Crippen LogP contribution in [0.3, 0.4) is 0 Å². The van der Waals surface area contributed by atoms with Gasteiger partial charge in [0.05, 0.1) is 11.4 Å². The summed E-state index contributed by atoms with van der Waals surface area (Å²) in [6.07, 6.45) is 0. The summed E-state index contributed by atoms with van der Waals surface area (Å²) in [5, 5.41) is 2.70. The van der Waals surface area contributed by atoms with Crippen LogP contribution < -0.4 is 4.90 Å². The summed E-state index contributed by atoms with van der Waals surface area (Å²) in [6, 6.07) is 43.6. The molecule has 0 fully saturated rings. The summed E-state index contributed by atoms with van der Waals surface area (Å²) < 4.78 is 2.70. The van der Waals surface area contributed by atoms with Gasteiger partial charge in [-0.25, -0.2) is 0 Å². The fraction of sp³-hybridized carbons (Fsp3) is 0.122. The monoisotopic (exact) mass is 601 g/mol. The molecule has 0 spiro atoms. The zero-order valence-electron chi connectivity index (χ0n) is 25.2. The maximum Gasteiger partial charge on any atom is 0.0601 e. The number of hydrogen-bond acceptors (Lipinski definition) is 3. The molecule has 1 aliphatic carbocycles. The second kappa shape index (κ2) is 9.34. The minimum Gasteiger partial charge on any atom is -0.308 e. The van der Waals surface area contributed by atoms with E-state index < -0.39 is 0 Å². The van der Waals surface area contributed by atoms with Gasteiger partial charge in [0.25, 0.3) is 0 Å². The van der Waals surface area contributed by atoms with Crippen molar-refractivity contribution in [2.45, 2.75) is 42.9 Å². The highest BCUT2D eigenvalue weighted by Gasteiger charge is 2.37. The van der Waals surface area contributed by atoms with Gasteiger partial charge in [-0.2, -0.15) is 0 Å². The molecule has 2 aliphatic rings. The van der Waals surface area contributed by atoms with E-state index in [0.717, 1.165) is 0 Å². The largest absolute Gasteiger partial charge is 0.308 e. The quantitative estimate of drug-likeness (QED) is 0.194. The molecule has 0 amide bonds. The summed E-state index contributed by atoms with van der Waals surface area (Å²) in [6.45, 7) is 9.14. The summed E-state index contributed by atoms with van der Waals surface area (Å²) in [5.74, 6) is 0. The summed E-state index contributed by atoms with van der Waals surface area (Å²) in [5.41, 5.74) is 14.2. The first-order valence-corrected chi connectivity index (χ1v) is 16.9. The number of rotatable bonds is 2. The third-order valence-electron chi connectivity index (χ3n) is 9.56. The van der Waals surface area contributed by atoms with Crippen molar-refractivity contribution in [2.75, 3.05) is 4.90 Å². The van der Waals surface area contributed by atoms with Crippen molar-refractivity contribution < 1.29 is 0 Å². The number of anilines is 3. The highest BCUT2D eigenvalue weighted by molar-refractivity contribution is 7.99. The second-order valence-electron chi connectivity index (χ2n) is 12.8. The maximum absolute atomic E-state index is 2.46. The van der Waals surface area contributed by atoms with E-state index in [0.29, 0.717) is 0 Å². The van der Waals surface area contributed by atoms with Gasteiger partial charge >= 0.3 is 0 Å². The zero-order valence-corrected chi connectivity index (χ0v) is 26.9. The Labute approximate surface area is 266 Å². The fourth-order valence-electron chi connectivity index (χ4n) is 7.25. The van der Waals surface area contributed by atoms with Crippen LogP contribution in [0.25, 0.3) is 42.4 Å². The molecule has 1 aliphatic heterocycles. The number of nitrogens with zero attached hydrogens (tertiary/aromatic N) is 1. The Morgan fingerprint density at radius 1 is 0.545 bits per heavy atom. The van der Waals surface area contributed by atoms with Gasteiger partial charge in [-0.1, -0.05) is 80.2 Å². The Kier molecular flexibility index (Phi) is 5.55. The third-order valence-corrected chi connectivity index (χ3v) is 11.8. The second-order valence-corrected chi connectivity index (χ2v) is 15.0. The van der Waals surface area contributed by atoms with Gasteiger partial charge in [0, 0.05) is 41.1 Å². The zero-order chi connectivity index (χ0) is 29.7. The Balaban J connectivity index is 1.16. The number of thiophene rings is 1. The Hall–Kier alpha value is -4.31. The number of benzene rings is 6. The van der Waals surface area contributed by atoms with Gasteiger partial charge in [0.15, 0.2) is 0 Å². The van der Waals surface area contributed by atoms with Gasteiger partial charge in [-0.15, -0.1) is 11.3 Å². The first-order valence-electron chi connectivity index (χ1n) is 15.3. The molecule has 44 heavy (non-hydrogen) atoms. The molecule has 6 aromatic carbocycles. The molecule has 3 heteroatoms. The molecule has 0 bridgehead atoms. The Morgan fingerprint density at radius 3 is 1.91 bits per heavy atom. The predicted molar refractivity (Wildman–Crippen MR) is 191 cm³/mol. The van der Waals surface area contributed by atoms with Crippen LogP contribution >= 0.6 is 23.1 Å². The molecule has 1 aromatic heterocycles. The van der Waals surface area contributed by atoms with Gasteiger partial charge in [-0.05, 0) is 119 Å². The number of hydrogen-bond donors (Lipinski definition) is 0. The highest BCUT2D eigenvalue weighted by Crippen LogP contribution is 2.55. The van der Waals surface area contributed by atoms with Crippen LogP contribution in [0.4, 0.5) is 17.1 Å². The molecule has 0 radical (unpaired) electrons. The van der Waals surface area contributed by atoms with Crippen LogP contribution in [-0.4, -0.2) is 0 Å². The smallest absolute Gasteiger partial charge is 0.0601 e. The van der Waals surface area contributed by atoms with Gasteiger partial charge < -0.3 is 4.90 Å². The highest BCUT2D eigenvalue weighted by atomic mass is 32.2. The summed E-state index contributed by atoms with van der Waals surface area (Å²) in [4.78, 5) is 5.09. The van der Waals surface area contributed by atoms with Crippen molar-refractivity contribution in [3.05, 3.63) is 138 Å². The number of fused-ring (bicyclic) bond motifs is 8. The van der Waals surface area contributed by atoms with E-state index in [4.69, 9.17) is 0 Å².